The Balaban J connectivity index is 2.00. The molecule has 0 saturated carbocycles. The number of benzene rings is 1. The number of pyridine rings is 1. The van der Waals surface area contributed by atoms with Crippen LogP contribution in [-0.4, -0.2) is 23.5 Å². The normalized spacial score (nSPS) is 10.8. The van der Waals surface area contributed by atoms with Gasteiger partial charge in [0.2, 0.25) is 5.88 Å². The van der Waals surface area contributed by atoms with Crippen LogP contribution < -0.4 is 9.64 Å². The maximum Gasteiger partial charge on any atom is 0.242 e. The molecular formula is C16H16ClN3O. The molecule has 0 atom stereocenters. The SMILES string of the molecule is CN(C)c1cccc(Oc2nc3ccccn3c2CCl)c1. The summed E-state index contributed by atoms with van der Waals surface area (Å²) in [7, 11) is 3.99. The average molecular weight is 302 g/mol. The summed E-state index contributed by atoms with van der Waals surface area (Å²) in [5, 5.41) is 0. The first-order chi connectivity index (χ1) is 10.2. The summed E-state index contributed by atoms with van der Waals surface area (Å²) in [5.74, 6) is 1.64. The Morgan fingerprint density at radius 2 is 2.05 bits per heavy atom. The third kappa shape index (κ3) is 2.67. The van der Waals surface area contributed by atoms with Gasteiger partial charge in [0.1, 0.15) is 17.1 Å². The fourth-order valence-electron chi connectivity index (χ4n) is 2.17. The molecule has 0 N–H and O–H groups in total. The Morgan fingerprint density at radius 3 is 2.81 bits per heavy atom. The van der Waals surface area contributed by atoms with Crippen LogP contribution in [0.15, 0.2) is 48.7 Å². The van der Waals surface area contributed by atoms with Gasteiger partial charge in [-0.2, -0.15) is 4.98 Å². The number of halogens is 1. The molecule has 2 aromatic heterocycles. The highest BCUT2D eigenvalue weighted by Gasteiger charge is 2.13. The van der Waals surface area contributed by atoms with E-state index in [2.05, 4.69) is 4.98 Å². The Morgan fingerprint density at radius 1 is 1.19 bits per heavy atom. The van der Waals surface area contributed by atoms with Crippen molar-refractivity contribution in [1.29, 1.82) is 0 Å². The number of anilines is 1. The van der Waals surface area contributed by atoms with Crippen molar-refractivity contribution < 1.29 is 4.74 Å². The fraction of sp³-hybridized carbons (Fsp3) is 0.188. The third-order valence-corrected chi connectivity index (χ3v) is 3.52. The lowest BCUT2D eigenvalue weighted by atomic mass is 10.3. The van der Waals surface area contributed by atoms with E-state index in [0.29, 0.717) is 11.8 Å². The number of rotatable bonds is 4. The molecule has 0 radical (unpaired) electrons. The summed E-state index contributed by atoms with van der Waals surface area (Å²) in [5.41, 5.74) is 2.75. The molecule has 4 nitrogen and oxygen atoms in total. The van der Waals surface area contributed by atoms with Crippen LogP contribution >= 0.6 is 11.6 Å². The molecule has 0 aliphatic carbocycles. The second kappa shape index (κ2) is 5.66. The lowest BCUT2D eigenvalue weighted by Gasteiger charge is -2.13. The molecular weight excluding hydrogens is 286 g/mol. The Hall–Kier alpha value is -2.20. The van der Waals surface area contributed by atoms with Crippen molar-refractivity contribution in [2.45, 2.75) is 5.88 Å². The molecule has 0 aliphatic heterocycles. The number of nitrogens with zero attached hydrogens (tertiary/aromatic N) is 3. The van der Waals surface area contributed by atoms with Gasteiger partial charge in [0, 0.05) is 32.0 Å². The summed E-state index contributed by atoms with van der Waals surface area (Å²) in [6.07, 6.45) is 1.93. The van der Waals surface area contributed by atoms with Crippen LogP contribution in [0.5, 0.6) is 11.6 Å². The van der Waals surface area contributed by atoms with Crippen LogP contribution in [0.2, 0.25) is 0 Å². The molecule has 3 aromatic rings. The maximum absolute atomic E-state index is 6.05. The van der Waals surface area contributed by atoms with Crippen molar-refractivity contribution in [3.8, 4) is 11.6 Å². The minimum absolute atomic E-state index is 0.341. The van der Waals surface area contributed by atoms with Gasteiger partial charge in [0.15, 0.2) is 0 Å². The van der Waals surface area contributed by atoms with Gasteiger partial charge in [0.25, 0.3) is 0 Å². The van der Waals surface area contributed by atoms with Crippen LogP contribution in [0.3, 0.4) is 0 Å². The first-order valence-corrected chi connectivity index (χ1v) is 7.19. The van der Waals surface area contributed by atoms with Gasteiger partial charge in [-0.15, -0.1) is 11.6 Å². The van der Waals surface area contributed by atoms with Gasteiger partial charge in [-0.3, -0.25) is 4.40 Å². The van der Waals surface area contributed by atoms with Crippen LogP contribution in [0, 0.1) is 0 Å². The topological polar surface area (TPSA) is 29.8 Å². The van der Waals surface area contributed by atoms with E-state index < -0.39 is 0 Å². The highest BCUT2D eigenvalue weighted by molar-refractivity contribution is 6.17. The Kier molecular flexibility index (Phi) is 3.71. The zero-order valence-electron chi connectivity index (χ0n) is 12.0. The monoisotopic (exact) mass is 301 g/mol. The zero-order valence-corrected chi connectivity index (χ0v) is 12.7. The van der Waals surface area contributed by atoms with Gasteiger partial charge in [0.05, 0.1) is 5.88 Å². The number of hydrogen-bond acceptors (Lipinski definition) is 3. The molecule has 0 unspecified atom stereocenters. The Labute approximate surface area is 128 Å². The van der Waals surface area contributed by atoms with Crippen molar-refractivity contribution in [2.24, 2.45) is 0 Å². The van der Waals surface area contributed by atoms with E-state index in [1.807, 2.05) is 72.1 Å². The first kappa shape index (κ1) is 13.8. The molecule has 0 spiro atoms. The second-order valence-electron chi connectivity index (χ2n) is 4.92. The third-order valence-electron chi connectivity index (χ3n) is 3.27. The first-order valence-electron chi connectivity index (χ1n) is 6.66. The quantitative estimate of drug-likeness (QED) is 0.684. The number of ether oxygens (including phenoxy) is 1. The van der Waals surface area contributed by atoms with E-state index in [1.54, 1.807) is 0 Å². The predicted octanol–water partition coefficient (Wildman–Crippen LogP) is 3.93. The number of aromatic nitrogens is 2. The molecule has 108 valence electrons. The smallest absolute Gasteiger partial charge is 0.242 e. The molecule has 0 aliphatic rings. The van der Waals surface area contributed by atoms with Gasteiger partial charge in [-0.1, -0.05) is 12.1 Å². The average Bonchev–Trinajstić information content (AvgIpc) is 2.84. The minimum Gasteiger partial charge on any atom is -0.437 e. The number of hydrogen-bond donors (Lipinski definition) is 0. The largest absolute Gasteiger partial charge is 0.437 e. The number of imidazole rings is 1. The lowest BCUT2D eigenvalue weighted by Crippen LogP contribution is -2.08. The Bertz CT molecular complexity index is 767. The highest BCUT2D eigenvalue weighted by Crippen LogP contribution is 2.29. The van der Waals surface area contributed by atoms with Crippen LogP contribution in [0.25, 0.3) is 5.65 Å². The van der Waals surface area contributed by atoms with Gasteiger partial charge >= 0.3 is 0 Å². The van der Waals surface area contributed by atoms with Crippen molar-refractivity contribution in [3.63, 3.8) is 0 Å². The van der Waals surface area contributed by atoms with Gasteiger partial charge in [-0.25, -0.2) is 0 Å². The van der Waals surface area contributed by atoms with E-state index in [9.17, 15) is 0 Å². The lowest BCUT2D eigenvalue weighted by molar-refractivity contribution is 0.461. The summed E-state index contributed by atoms with van der Waals surface area (Å²) in [4.78, 5) is 6.52. The standard InChI is InChI=1S/C16H16ClN3O/c1-19(2)12-6-5-7-13(10-12)21-16-14(11-17)20-9-4-3-8-15(20)18-16/h3-10H,11H2,1-2H3. The van der Waals surface area contributed by atoms with Crippen molar-refractivity contribution in [1.82, 2.24) is 9.38 Å². The molecule has 21 heavy (non-hydrogen) atoms. The second-order valence-corrected chi connectivity index (χ2v) is 5.19. The number of alkyl halides is 1. The molecule has 0 fully saturated rings. The van der Waals surface area contributed by atoms with E-state index in [0.717, 1.165) is 22.8 Å². The predicted molar refractivity (Wildman–Crippen MR) is 85.6 cm³/mol. The number of fused-ring (bicyclic) bond motifs is 1. The summed E-state index contributed by atoms with van der Waals surface area (Å²) in [6, 6.07) is 13.7. The molecule has 1 aromatic carbocycles. The van der Waals surface area contributed by atoms with E-state index >= 15 is 0 Å². The van der Waals surface area contributed by atoms with E-state index in [4.69, 9.17) is 16.3 Å². The van der Waals surface area contributed by atoms with Crippen molar-refractivity contribution >= 4 is 22.9 Å². The molecule has 0 saturated heterocycles. The molecule has 0 amide bonds. The molecule has 5 heteroatoms. The molecule has 2 heterocycles. The fourth-order valence-corrected chi connectivity index (χ4v) is 2.41. The van der Waals surface area contributed by atoms with Crippen LogP contribution in [0.4, 0.5) is 5.69 Å². The van der Waals surface area contributed by atoms with Crippen LogP contribution in [-0.2, 0) is 5.88 Å². The van der Waals surface area contributed by atoms with E-state index in [1.165, 1.54) is 0 Å². The molecule has 3 rings (SSSR count). The van der Waals surface area contributed by atoms with E-state index in [-0.39, 0.29) is 0 Å². The van der Waals surface area contributed by atoms with Crippen LogP contribution in [0.1, 0.15) is 5.69 Å². The van der Waals surface area contributed by atoms with Gasteiger partial charge < -0.3 is 9.64 Å². The van der Waals surface area contributed by atoms with Crippen molar-refractivity contribution in [3.05, 3.63) is 54.4 Å². The summed E-state index contributed by atoms with van der Waals surface area (Å²) in [6.45, 7) is 0. The minimum atomic E-state index is 0.341. The highest BCUT2D eigenvalue weighted by atomic mass is 35.5. The van der Waals surface area contributed by atoms with Gasteiger partial charge in [-0.05, 0) is 24.3 Å². The molecule has 0 bridgehead atoms. The maximum atomic E-state index is 6.05. The van der Waals surface area contributed by atoms with Crippen molar-refractivity contribution in [2.75, 3.05) is 19.0 Å². The zero-order chi connectivity index (χ0) is 14.8. The summed E-state index contributed by atoms with van der Waals surface area (Å²) < 4.78 is 7.88. The summed E-state index contributed by atoms with van der Waals surface area (Å²) >= 11 is 6.05.